The van der Waals surface area contributed by atoms with Crippen molar-refractivity contribution in [1.29, 1.82) is 0 Å². The zero-order valence-corrected chi connectivity index (χ0v) is 15.2. The fourth-order valence-electron chi connectivity index (χ4n) is 3.14. The van der Waals surface area contributed by atoms with Crippen molar-refractivity contribution in [3.63, 3.8) is 0 Å². The lowest BCUT2D eigenvalue weighted by atomic mass is 10.00. The fraction of sp³-hybridized carbons (Fsp3) is 0.400. The molecule has 6 heteroatoms. The summed E-state index contributed by atoms with van der Waals surface area (Å²) in [5, 5.41) is 5.79. The van der Waals surface area contributed by atoms with Crippen LogP contribution in [0.3, 0.4) is 0 Å². The predicted octanol–water partition coefficient (Wildman–Crippen LogP) is 2.34. The third-order valence-electron chi connectivity index (χ3n) is 4.49. The minimum Gasteiger partial charge on any atom is -0.478 e. The number of nitrogens with zero attached hydrogens (tertiary/aromatic N) is 2. The van der Waals surface area contributed by atoms with Crippen LogP contribution in [0.4, 0.5) is 4.79 Å². The topological polar surface area (TPSA) is 66.5 Å². The predicted molar refractivity (Wildman–Crippen MR) is 101 cm³/mol. The molecule has 2 amide bonds. The van der Waals surface area contributed by atoms with E-state index in [-0.39, 0.29) is 6.03 Å². The highest BCUT2D eigenvalue weighted by Gasteiger charge is 2.15. The van der Waals surface area contributed by atoms with Crippen LogP contribution in [0.1, 0.15) is 23.6 Å². The molecule has 0 bridgehead atoms. The third kappa shape index (κ3) is 4.95. The molecule has 2 aromatic rings. The minimum atomic E-state index is -0.172. The van der Waals surface area contributed by atoms with Crippen LogP contribution in [0.25, 0.3) is 0 Å². The lowest BCUT2D eigenvalue weighted by Crippen LogP contribution is -2.41. The van der Waals surface area contributed by atoms with Crippen LogP contribution in [0.2, 0.25) is 0 Å². The maximum absolute atomic E-state index is 12.0. The number of pyridine rings is 1. The first-order valence-corrected chi connectivity index (χ1v) is 9.13. The lowest BCUT2D eigenvalue weighted by Gasteiger charge is -2.28. The normalized spacial score (nSPS) is 13.7. The molecule has 2 N–H and O–H groups in total. The van der Waals surface area contributed by atoms with Crippen molar-refractivity contribution in [2.75, 3.05) is 26.2 Å². The Bertz CT molecular complexity index is 735. The van der Waals surface area contributed by atoms with Gasteiger partial charge in [0.15, 0.2) is 0 Å². The highest BCUT2D eigenvalue weighted by Crippen LogP contribution is 2.17. The molecule has 1 aliphatic heterocycles. The summed E-state index contributed by atoms with van der Waals surface area (Å²) in [6, 6.07) is 12.1. The maximum atomic E-state index is 12.0. The molecule has 0 saturated heterocycles. The van der Waals surface area contributed by atoms with Crippen LogP contribution in [0.5, 0.6) is 5.88 Å². The summed E-state index contributed by atoms with van der Waals surface area (Å²) < 4.78 is 5.47. The Labute approximate surface area is 154 Å². The number of benzene rings is 1. The van der Waals surface area contributed by atoms with Crippen molar-refractivity contribution in [3.8, 4) is 5.88 Å². The molecule has 0 saturated carbocycles. The van der Waals surface area contributed by atoms with E-state index in [1.807, 2.05) is 19.1 Å². The number of carbonyl (C=O) groups is 1. The Morgan fingerprint density at radius 3 is 2.88 bits per heavy atom. The number of carbonyl (C=O) groups excluding carboxylic acids is 1. The van der Waals surface area contributed by atoms with Gasteiger partial charge in [0.25, 0.3) is 0 Å². The van der Waals surface area contributed by atoms with Crippen molar-refractivity contribution in [2.45, 2.75) is 26.4 Å². The molecule has 0 atom stereocenters. The first-order valence-electron chi connectivity index (χ1n) is 9.13. The molecule has 0 aliphatic carbocycles. The highest BCUT2D eigenvalue weighted by atomic mass is 16.5. The monoisotopic (exact) mass is 354 g/mol. The van der Waals surface area contributed by atoms with E-state index in [0.29, 0.717) is 25.6 Å². The Morgan fingerprint density at radius 1 is 1.19 bits per heavy atom. The highest BCUT2D eigenvalue weighted by molar-refractivity contribution is 5.73. The molecule has 1 aliphatic rings. The standard InChI is InChI=1S/C20H26N4O2/c1-2-26-19-17(8-5-10-21-19)14-23-20(25)22-11-13-24-12-9-16-6-3-4-7-18(16)15-24/h3-8,10H,2,9,11-15H2,1H3,(H2,22,23,25). The molecule has 0 radical (unpaired) electrons. The molecule has 1 aromatic carbocycles. The summed E-state index contributed by atoms with van der Waals surface area (Å²) >= 11 is 0. The number of hydrogen-bond donors (Lipinski definition) is 2. The average Bonchev–Trinajstić information content (AvgIpc) is 2.67. The molecule has 138 valence electrons. The second-order valence-corrected chi connectivity index (χ2v) is 6.31. The largest absolute Gasteiger partial charge is 0.478 e. The average molecular weight is 354 g/mol. The van der Waals surface area contributed by atoms with Gasteiger partial charge in [0.1, 0.15) is 0 Å². The Hall–Kier alpha value is -2.60. The zero-order chi connectivity index (χ0) is 18.2. The Balaban J connectivity index is 1.39. The first-order chi connectivity index (χ1) is 12.8. The van der Waals surface area contributed by atoms with Crippen LogP contribution < -0.4 is 15.4 Å². The van der Waals surface area contributed by atoms with E-state index in [1.54, 1.807) is 6.20 Å². The van der Waals surface area contributed by atoms with E-state index in [9.17, 15) is 4.79 Å². The molecule has 0 fully saturated rings. The zero-order valence-electron chi connectivity index (χ0n) is 15.2. The van der Waals surface area contributed by atoms with Gasteiger partial charge in [-0.15, -0.1) is 0 Å². The van der Waals surface area contributed by atoms with Crippen molar-refractivity contribution < 1.29 is 9.53 Å². The Morgan fingerprint density at radius 2 is 2.04 bits per heavy atom. The molecule has 2 heterocycles. The molecule has 26 heavy (non-hydrogen) atoms. The van der Waals surface area contributed by atoms with E-state index in [4.69, 9.17) is 4.74 Å². The summed E-state index contributed by atoms with van der Waals surface area (Å²) in [5.41, 5.74) is 3.70. The van der Waals surface area contributed by atoms with Gasteiger partial charge in [-0.1, -0.05) is 30.3 Å². The van der Waals surface area contributed by atoms with Crippen molar-refractivity contribution in [3.05, 3.63) is 59.3 Å². The van der Waals surface area contributed by atoms with Crippen LogP contribution in [0.15, 0.2) is 42.6 Å². The summed E-state index contributed by atoms with van der Waals surface area (Å²) in [6.07, 6.45) is 2.76. The molecule has 0 unspecified atom stereocenters. The van der Waals surface area contributed by atoms with E-state index >= 15 is 0 Å². The van der Waals surface area contributed by atoms with Crippen molar-refractivity contribution >= 4 is 6.03 Å². The van der Waals surface area contributed by atoms with Gasteiger partial charge in [-0.2, -0.15) is 0 Å². The number of nitrogens with one attached hydrogen (secondary N) is 2. The first kappa shape index (κ1) is 18.2. The quantitative estimate of drug-likeness (QED) is 0.801. The fourth-order valence-corrected chi connectivity index (χ4v) is 3.14. The van der Waals surface area contributed by atoms with Crippen LogP contribution >= 0.6 is 0 Å². The summed E-state index contributed by atoms with van der Waals surface area (Å²) in [5.74, 6) is 0.572. The van der Waals surface area contributed by atoms with Crippen molar-refractivity contribution in [1.82, 2.24) is 20.5 Å². The van der Waals surface area contributed by atoms with Gasteiger partial charge in [0, 0.05) is 44.5 Å². The van der Waals surface area contributed by atoms with Crippen LogP contribution in [-0.4, -0.2) is 42.2 Å². The van der Waals surface area contributed by atoms with Crippen LogP contribution in [-0.2, 0) is 19.5 Å². The number of urea groups is 1. The summed E-state index contributed by atoms with van der Waals surface area (Å²) in [7, 11) is 0. The number of aromatic nitrogens is 1. The van der Waals surface area contributed by atoms with E-state index in [0.717, 1.165) is 31.6 Å². The molecule has 0 spiro atoms. The maximum Gasteiger partial charge on any atom is 0.315 e. The van der Waals surface area contributed by atoms with Crippen LogP contribution in [0, 0.1) is 0 Å². The second kappa shape index (κ2) is 9.20. The number of hydrogen-bond acceptors (Lipinski definition) is 4. The number of rotatable bonds is 7. The van der Waals surface area contributed by atoms with E-state index in [2.05, 4.69) is 44.8 Å². The van der Waals surface area contributed by atoms with Gasteiger partial charge >= 0.3 is 6.03 Å². The molecule has 1 aromatic heterocycles. The van der Waals surface area contributed by atoms with E-state index < -0.39 is 0 Å². The third-order valence-corrected chi connectivity index (χ3v) is 4.49. The van der Waals surface area contributed by atoms with Gasteiger partial charge in [-0.25, -0.2) is 9.78 Å². The van der Waals surface area contributed by atoms with E-state index in [1.165, 1.54) is 11.1 Å². The number of amides is 2. The van der Waals surface area contributed by atoms with Gasteiger partial charge in [0.05, 0.1) is 6.61 Å². The molecule has 3 rings (SSSR count). The summed E-state index contributed by atoms with van der Waals surface area (Å²) in [4.78, 5) is 18.6. The SMILES string of the molecule is CCOc1ncccc1CNC(=O)NCCN1CCc2ccccc2C1. The lowest BCUT2D eigenvalue weighted by molar-refractivity contribution is 0.230. The van der Waals surface area contributed by atoms with Crippen molar-refractivity contribution in [2.24, 2.45) is 0 Å². The van der Waals surface area contributed by atoms with Gasteiger partial charge in [-0.05, 0) is 30.5 Å². The number of fused-ring (bicyclic) bond motifs is 1. The van der Waals surface area contributed by atoms with Gasteiger partial charge < -0.3 is 15.4 Å². The molecule has 6 nitrogen and oxygen atoms in total. The summed E-state index contributed by atoms with van der Waals surface area (Å²) in [6.45, 7) is 6.32. The molecular formula is C20H26N4O2. The smallest absolute Gasteiger partial charge is 0.315 e. The number of ether oxygens (including phenoxy) is 1. The van der Waals surface area contributed by atoms with Gasteiger partial charge in [0.2, 0.25) is 5.88 Å². The molecular weight excluding hydrogens is 328 g/mol. The Kier molecular flexibility index (Phi) is 6.44. The van der Waals surface area contributed by atoms with Gasteiger partial charge in [-0.3, -0.25) is 4.90 Å². The second-order valence-electron chi connectivity index (χ2n) is 6.31. The minimum absolute atomic E-state index is 0.172.